The number of methoxy groups -OCH3 is 2. The molecule has 152 valence electrons. The molecule has 2 N–H and O–H groups in total. The summed E-state index contributed by atoms with van der Waals surface area (Å²) in [6, 6.07) is 9.45. The standard InChI is InChI=1S/C20H23F3N2O3/c1-13(19(26)24-16-10-8-15(9-11-16)20(21,22)23)25(2)12-14-6-5-7-17(27-3)18(14)28-4/h5-11,13H,12H2,1-4H3,(H,24,26)/p+1/t13-/m1/s1. The molecule has 5 nitrogen and oxygen atoms in total. The van der Waals surface area contributed by atoms with Gasteiger partial charge >= 0.3 is 6.18 Å². The van der Waals surface area contributed by atoms with E-state index in [2.05, 4.69) is 5.32 Å². The molecule has 0 radical (unpaired) electrons. The molecule has 2 atom stereocenters. The Balaban J connectivity index is 2.05. The molecule has 0 aliphatic carbocycles. The first-order chi connectivity index (χ1) is 13.2. The number of likely N-dealkylation sites (N-methyl/N-ethyl adjacent to an activating group) is 1. The SMILES string of the molecule is COc1cccc(C[NH+](C)[C@H](C)C(=O)Nc2ccc(C(F)(F)F)cc2)c1OC. The Kier molecular flexibility index (Phi) is 6.90. The first kappa shape index (κ1) is 21.6. The second-order valence-corrected chi connectivity index (χ2v) is 6.46. The summed E-state index contributed by atoms with van der Waals surface area (Å²) in [6.07, 6.45) is -4.41. The third-order valence-corrected chi connectivity index (χ3v) is 4.57. The summed E-state index contributed by atoms with van der Waals surface area (Å²) >= 11 is 0. The summed E-state index contributed by atoms with van der Waals surface area (Å²) in [6.45, 7) is 2.25. The number of carbonyl (C=O) groups is 1. The van der Waals surface area contributed by atoms with E-state index in [1.165, 1.54) is 12.1 Å². The number of rotatable bonds is 7. The third kappa shape index (κ3) is 5.16. The Morgan fingerprint density at radius 2 is 1.75 bits per heavy atom. The molecule has 28 heavy (non-hydrogen) atoms. The molecule has 0 aliphatic heterocycles. The van der Waals surface area contributed by atoms with Crippen molar-refractivity contribution < 1.29 is 32.3 Å². The van der Waals surface area contributed by atoms with E-state index in [-0.39, 0.29) is 5.91 Å². The third-order valence-electron chi connectivity index (χ3n) is 4.57. The van der Waals surface area contributed by atoms with Crippen LogP contribution in [0.5, 0.6) is 11.5 Å². The maximum Gasteiger partial charge on any atom is 0.416 e. The molecule has 2 rings (SSSR count). The van der Waals surface area contributed by atoms with E-state index in [9.17, 15) is 18.0 Å². The van der Waals surface area contributed by atoms with Crippen LogP contribution in [0.1, 0.15) is 18.1 Å². The summed E-state index contributed by atoms with van der Waals surface area (Å²) in [5.74, 6) is 0.925. The van der Waals surface area contributed by atoms with Crippen molar-refractivity contribution in [3.63, 3.8) is 0 Å². The van der Waals surface area contributed by atoms with Crippen LogP contribution in [0.3, 0.4) is 0 Å². The van der Waals surface area contributed by atoms with Gasteiger partial charge in [-0.15, -0.1) is 0 Å². The summed E-state index contributed by atoms with van der Waals surface area (Å²) in [5, 5.41) is 2.66. The van der Waals surface area contributed by atoms with Gasteiger partial charge in [0, 0.05) is 5.69 Å². The topological polar surface area (TPSA) is 52.0 Å². The number of anilines is 1. The first-order valence-electron chi connectivity index (χ1n) is 8.67. The van der Waals surface area contributed by atoms with Crippen LogP contribution in [0, 0.1) is 0 Å². The van der Waals surface area contributed by atoms with Crippen molar-refractivity contribution in [2.45, 2.75) is 25.7 Å². The fourth-order valence-corrected chi connectivity index (χ4v) is 2.76. The van der Waals surface area contributed by atoms with E-state index in [1.807, 2.05) is 19.2 Å². The van der Waals surface area contributed by atoms with Crippen molar-refractivity contribution in [1.29, 1.82) is 0 Å². The normalized spacial score (nSPS) is 13.5. The van der Waals surface area contributed by atoms with E-state index >= 15 is 0 Å². The minimum atomic E-state index is -4.41. The molecule has 0 aromatic heterocycles. The van der Waals surface area contributed by atoms with Crippen LogP contribution in [-0.4, -0.2) is 33.2 Å². The number of benzene rings is 2. The van der Waals surface area contributed by atoms with Gasteiger partial charge in [-0.05, 0) is 43.3 Å². The van der Waals surface area contributed by atoms with Crippen molar-refractivity contribution >= 4 is 11.6 Å². The fourth-order valence-electron chi connectivity index (χ4n) is 2.76. The molecule has 0 saturated heterocycles. The second kappa shape index (κ2) is 8.97. The summed E-state index contributed by atoms with van der Waals surface area (Å²) in [7, 11) is 4.96. The number of alkyl halides is 3. The van der Waals surface area contributed by atoms with Gasteiger partial charge < -0.3 is 19.7 Å². The van der Waals surface area contributed by atoms with E-state index in [0.717, 1.165) is 22.6 Å². The van der Waals surface area contributed by atoms with Crippen LogP contribution in [0.4, 0.5) is 18.9 Å². The minimum Gasteiger partial charge on any atom is -0.493 e. The van der Waals surface area contributed by atoms with Crippen molar-refractivity contribution in [3.05, 3.63) is 53.6 Å². The zero-order valence-corrected chi connectivity index (χ0v) is 16.2. The second-order valence-electron chi connectivity index (χ2n) is 6.46. The fraction of sp³-hybridized carbons (Fsp3) is 0.350. The highest BCUT2D eigenvalue weighted by molar-refractivity contribution is 5.93. The summed E-state index contributed by atoms with van der Waals surface area (Å²) < 4.78 is 48.6. The predicted octanol–water partition coefficient (Wildman–Crippen LogP) is 2.76. The van der Waals surface area contributed by atoms with E-state index in [1.54, 1.807) is 27.2 Å². The molecule has 0 fully saturated rings. The quantitative estimate of drug-likeness (QED) is 0.756. The van der Waals surface area contributed by atoms with Crippen molar-refractivity contribution in [2.75, 3.05) is 26.6 Å². The average molecular weight is 397 g/mol. The van der Waals surface area contributed by atoms with Gasteiger partial charge in [-0.1, -0.05) is 6.07 Å². The van der Waals surface area contributed by atoms with Gasteiger partial charge in [0.1, 0.15) is 6.54 Å². The molecule has 0 aliphatic rings. The Hall–Kier alpha value is -2.74. The zero-order valence-electron chi connectivity index (χ0n) is 16.2. The molecule has 0 saturated carbocycles. The van der Waals surface area contributed by atoms with Gasteiger partial charge in [-0.2, -0.15) is 13.2 Å². The minimum absolute atomic E-state index is 0.292. The zero-order chi connectivity index (χ0) is 20.9. The number of hydrogen-bond acceptors (Lipinski definition) is 3. The van der Waals surface area contributed by atoms with Crippen molar-refractivity contribution in [2.24, 2.45) is 0 Å². The maximum absolute atomic E-state index is 12.6. The monoisotopic (exact) mass is 397 g/mol. The lowest BCUT2D eigenvalue weighted by Gasteiger charge is -2.22. The lowest BCUT2D eigenvalue weighted by atomic mass is 10.1. The van der Waals surface area contributed by atoms with Crippen LogP contribution in [0.15, 0.2) is 42.5 Å². The number of quaternary nitrogens is 1. The number of hydrogen-bond donors (Lipinski definition) is 2. The molecule has 1 unspecified atom stereocenters. The van der Waals surface area contributed by atoms with Crippen LogP contribution in [-0.2, 0) is 17.5 Å². The summed E-state index contributed by atoms with van der Waals surface area (Å²) in [4.78, 5) is 13.4. The Morgan fingerprint density at radius 1 is 1.11 bits per heavy atom. The molecule has 1 amide bonds. The lowest BCUT2D eigenvalue weighted by molar-refractivity contribution is -0.907. The molecule has 2 aromatic carbocycles. The highest BCUT2D eigenvalue weighted by Crippen LogP contribution is 2.30. The van der Waals surface area contributed by atoms with Gasteiger partial charge in [-0.3, -0.25) is 4.79 Å². The number of amides is 1. The number of halogens is 3. The molecular weight excluding hydrogens is 373 g/mol. The molecule has 0 heterocycles. The Labute approximate surface area is 162 Å². The molecule has 0 spiro atoms. The molecule has 2 aromatic rings. The van der Waals surface area contributed by atoms with E-state index in [4.69, 9.17) is 9.47 Å². The Morgan fingerprint density at radius 3 is 2.29 bits per heavy atom. The van der Waals surface area contributed by atoms with Gasteiger partial charge in [0.25, 0.3) is 5.91 Å². The van der Waals surface area contributed by atoms with Gasteiger partial charge in [0.15, 0.2) is 17.5 Å². The van der Waals surface area contributed by atoms with Gasteiger partial charge in [0.2, 0.25) is 0 Å². The smallest absolute Gasteiger partial charge is 0.416 e. The van der Waals surface area contributed by atoms with E-state index in [0.29, 0.717) is 23.7 Å². The van der Waals surface area contributed by atoms with Crippen LogP contribution >= 0.6 is 0 Å². The Bertz CT molecular complexity index is 807. The molecular formula is C20H24F3N2O3+. The highest BCUT2D eigenvalue weighted by atomic mass is 19.4. The van der Waals surface area contributed by atoms with Crippen LogP contribution < -0.4 is 19.7 Å². The summed E-state index contributed by atoms with van der Waals surface area (Å²) in [5.41, 5.74) is 0.441. The lowest BCUT2D eigenvalue weighted by Crippen LogP contribution is -3.12. The van der Waals surface area contributed by atoms with Gasteiger partial charge in [0.05, 0.1) is 32.4 Å². The van der Waals surface area contributed by atoms with Crippen LogP contribution in [0.2, 0.25) is 0 Å². The first-order valence-corrected chi connectivity index (χ1v) is 8.67. The number of ether oxygens (including phenoxy) is 2. The number of para-hydroxylation sites is 1. The highest BCUT2D eigenvalue weighted by Gasteiger charge is 2.30. The van der Waals surface area contributed by atoms with Crippen molar-refractivity contribution in [1.82, 2.24) is 0 Å². The van der Waals surface area contributed by atoms with Crippen LogP contribution in [0.25, 0.3) is 0 Å². The average Bonchev–Trinajstić information content (AvgIpc) is 2.66. The maximum atomic E-state index is 12.6. The predicted molar refractivity (Wildman–Crippen MR) is 99.7 cm³/mol. The van der Waals surface area contributed by atoms with Crippen molar-refractivity contribution in [3.8, 4) is 11.5 Å². The molecule has 8 heteroatoms. The number of nitrogens with one attached hydrogen (secondary N) is 2. The van der Waals surface area contributed by atoms with E-state index < -0.39 is 17.8 Å². The number of carbonyl (C=O) groups excluding carboxylic acids is 1. The molecule has 0 bridgehead atoms. The van der Waals surface area contributed by atoms with Gasteiger partial charge in [-0.25, -0.2) is 0 Å². The largest absolute Gasteiger partial charge is 0.493 e.